The van der Waals surface area contributed by atoms with E-state index in [-0.39, 0.29) is 22.3 Å². The molecule has 1 atom stereocenters. The summed E-state index contributed by atoms with van der Waals surface area (Å²) >= 11 is 0. The van der Waals surface area contributed by atoms with E-state index in [1.807, 2.05) is 0 Å². The number of halogens is 3. The van der Waals surface area contributed by atoms with Gasteiger partial charge in [-0.15, -0.1) is 0 Å². The molecule has 0 bridgehead atoms. The lowest BCUT2D eigenvalue weighted by Crippen LogP contribution is -2.51. The number of benzene rings is 2. The van der Waals surface area contributed by atoms with E-state index in [2.05, 4.69) is 0 Å². The lowest BCUT2D eigenvalue weighted by atomic mass is 9.83. The van der Waals surface area contributed by atoms with Gasteiger partial charge in [0.15, 0.2) is 0 Å². The molecule has 0 amide bonds. The Morgan fingerprint density at radius 1 is 1.03 bits per heavy atom. The predicted molar refractivity (Wildman–Crippen MR) is 107 cm³/mol. The predicted octanol–water partition coefficient (Wildman–Crippen LogP) is 5.60. The fourth-order valence-corrected chi connectivity index (χ4v) is 3.88. The molecule has 0 fully saturated rings. The number of hydrogen-bond acceptors (Lipinski definition) is 4. The molecule has 0 saturated carbocycles. The lowest BCUT2D eigenvalue weighted by Gasteiger charge is -2.38. The van der Waals surface area contributed by atoms with Crippen LogP contribution >= 0.6 is 0 Å². The highest BCUT2D eigenvalue weighted by atomic mass is 19.4. The quantitative estimate of drug-likeness (QED) is 0.471. The third-order valence-corrected chi connectivity index (χ3v) is 5.14. The van der Waals surface area contributed by atoms with E-state index in [0.717, 1.165) is 4.57 Å². The molecule has 162 valence electrons. The van der Waals surface area contributed by atoms with Crippen molar-refractivity contribution >= 4 is 23.0 Å². The summed E-state index contributed by atoms with van der Waals surface area (Å²) < 4.78 is 54.6. The van der Waals surface area contributed by atoms with Crippen molar-refractivity contribution in [3.05, 3.63) is 71.4 Å². The second-order valence-corrected chi connectivity index (χ2v) is 8.42. The molecular weight excluding hydrogens is 411 g/mol. The molecule has 0 saturated heterocycles. The van der Waals surface area contributed by atoms with E-state index in [1.54, 1.807) is 51.1 Å². The Kier molecular flexibility index (Phi) is 4.64. The van der Waals surface area contributed by atoms with Crippen LogP contribution in [0.3, 0.4) is 0 Å². The average molecular weight is 431 g/mol. The number of hydrogen-bond donors (Lipinski definition) is 0. The Morgan fingerprint density at radius 2 is 1.65 bits per heavy atom. The highest BCUT2D eigenvalue weighted by Gasteiger charge is 2.62. The Balaban J connectivity index is 1.97. The van der Waals surface area contributed by atoms with Gasteiger partial charge in [0.1, 0.15) is 11.3 Å². The average Bonchev–Trinajstić information content (AvgIpc) is 3.01. The number of rotatable bonds is 1. The van der Waals surface area contributed by atoms with Gasteiger partial charge in [-0.25, -0.2) is 14.2 Å². The fourth-order valence-electron chi connectivity index (χ4n) is 3.88. The molecule has 5 nitrogen and oxygen atoms in total. The molecule has 4 rings (SSSR count). The molecule has 3 aromatic rings. The standard InChI is InChI=1S/C23H20F3NO4/c1-21(2,3)31-20(29)27-17-12-8-7-11-15(17)16-13-22(23(24,25)26,30-19(28)18(16)27)14-9-5-4-6-10-14/h4-12H,13H2,1-3H3/t22-/m1/s1. The van der Waals surface area contributed by atoms with Crippen LogP contribution in [-0.2, 0) is 21.5 Å². The highest BCUT2D eigenvalue weighted by Crippen LogP contribution is 2.49. The minimum absolute atomic E-state index is 0.0962. The molecular formula is C23H20F3NO4. The van der Waals surface area contributed by atoms with Gasteiger partial charge < -0.3 is 9.47 Å². The molecule has 1 aliphatic rings. The van der Waals surface area contributed by atoms with Gasteiger partial charge in [-0.1, -0.05) is 48.5 Å². The van der Waals surface area contributed by atoms with Crippen molar-refractivity contribution in [1.29, 1.82) is 0 Å². The van der Waals surface area contributed by atoms with Crippen LogP contribution in [0.2, 0.25) is 0 Å². The van der Waals surface area contributed by atoms with Gasteiger partial charge in [0.05, 0.1) is 5.52 Å². The third-order valence-electron chi connectivity index (χ3n) is 5.14. The molecule has 8 heteroatoms. The number of esters is 1. The van der Waals surface area contributed by atoms with E-state index in [1.165, 1.54) is 24.3 Å². The van der Waals surface area contributed by atoms with Gasteiger partial charge in [0.2, 0.25) is 5.60 Å². The summed E-state index contributed by atoms with van der Waals surface area (Å²) in [5, 5.41) is 0.365. The number of cyclic esters (lactones) is 1. The first-order valence-corrected chi connectivity index (χ1v) is 9.66. The molecule has 0 unspecified atom stereocenters. The van der Waals surface area contributed by atoms with Gasteiger partial charge >= 0.3 is 18.2 Å². The Bertz CT molecular complexity index is 1180. The van der Waals surface area contributed by atoms with Crippen molar-refractivity contribution in [2.45, 2.75) is 44.6 Å². The summed E-state index contributed by atoms with van der Waals surface area (Å²) in [7, 11) is 0. The number of para-hydroxylation sites is 1. The Hall–Kier alpha value is -3.29. The number of carbonyl (C=O) groups is 2. The van der Waals surface area contributed by atoms with Crippen molar-refractivity contribution in [1.82, 2.24) is 4.57 Å². The Labute approximate surface area is 176 Å². The largest absolute Gasteiger partial charge is 0.443 e. The zero-order valence-corrected chi connectivity index (χ0v) is 17.1. The van der Waals surface area contributed by atoms with Gasteiger partial charge in [0.25, 0.3) is 0 Å². The van der Waals surface area contributed by atoms with Gasteiger partial charge in [-0.2, -0.15) is 13.2 Å². The van der Waals surface area contributed by atoms with Crippen molar-refractivity contribution in [2.24, 2.45) is 0 Å². The zero-order valence-electron chi connectivity index (χ0n) is 17.1. The highest BCUT2D eigenvalue weighted by molar-refractivity contribution is 6.05. The summed E-state index contributed by atoms with van der Waals surface area (Å²) in [4.78, 5) is 25.9. The normalized spacial score (nSPS) is 19.1. The first-order valence-electron chi connectivity index (χ1n) is 9.66. The Morgan fingerprint density at radius 3 is 2.26 bits per heavy atom. The molecule has 0 radical (unpaired) electrons. The SMILES string of the molecule is CC(C)(C)OC(=O)n1c2c(c3ccccc31)C[C@@](c1ccccc1)(C(F)(F)F)OC2=O. The summed E-state index contributed by atoms with van der Waals surface area (Å²) in [5.41, 5.74) is -3.78. The van der Waals surface area contributed by atoms with E-state index < -0.39 is 35.9 Å². The second kappa shape index (κ2) is 6.87. The number of fused-ring (bicyclic) bond motifs is 3. The zero-order chi connectivity index (χ0) is 22.6. The maximum atomic E-state index is 14.4. The molecule has 0 spiro atoms. The smallest absolute Gasteiger partial charge is 0.433 e. The van der Waals surface area contributed by atoms with E-state index in [0.29, 0.717) is 5.39 Å². The topological polar surface area (TPSA) is 57.5 Å². The van der Waals surface area contributed by atoms with Gasteiger partial charge in [0, 0.05) is 17.4 Å². The second-order valence-electron chi connectivity index (χ2n) is 8.42. The molecule has 0 N–H and O–H groups in total. The fraction of sp³-hybridized carbons (Fsp3) is 0.304. The molecule has 0 aliphatic carbocycles. The van der Waals surface area contributed by atoms with E-state index in [4.69, 9.17) is 9.47 Å². The summed E-state index contributed by atoms with van der Waals surface area (Å²) in [5.74, 6) is -1.23. The summed E-state index contributed by atoms with van der Waals surface area (Å²) in [6.45, 7) is 4.97. The summed E-state index contributed by atoms with van der Waals surface area (Å²) in [6, 6.07) is 13.5. The van der Waals surface area contributed by atoms with Crippen LogP contribution in [0.25, 0.3) is 10.9 Å². The van der Waals surface area contributed by atoms with Crippen molar-refractivity contribution in [2.75, 3.05) is 0 Å². The third kappa shape index (κ3) is 3.36. The summed E-state index contributed by atoms with van der Waals surface area (Å²) in [6.07, 6.45) is -6.39. The molecule has 31 heavy (non-hydrogen) atoms. The first kappa shape index (κ1) is 21.0. The van der Waals surface area contributed by atoms with Crippen LogP contribution < -0.4 is 0 Å². The number of aromatic nitrogens is 1. The van der Waals surface area contributed by atoms with E-state index in [9.17, 15) is 22.8 Å². The number of carbonyl (C=O) groups excluding carboxylic acids is 2. The maximum Gasteiger partial charge on any atom is 0.433 e. The van der Waals surface area contributed by atoms with E-state index >= 15 is 0 Å². The van der Waals surface area contributed by atoms with Crippen LogP contribution in [0.5, 0.6) is 0 Å². The van der Waals surface area contributed by atoms with Crippen LogP contribution in [0, 0.1) is 0 Å². The first-order chi connectivity index (χ1) is 14.4. The minimum atomic E-state index is -4.88. The van der Waals surface area contributed by atoms with Crippen molar-refractivity contribution in [3.8, 4) is 0 Å². The van der Waals surface area contributed by atoms with Crippen LogP contribution in [0.4, 0.5) is 18.0 Å². The lowest BCUT2D eigenvalue weighted by molar-refractivity contribution is -0.267. The molecule has 2 aromatic carbocycles. The molecule has 1 aliphatic heterocycles. The number of nitrogens with zero attached hydrogens (tertiary/aromatic N) is 1. The molecule has 2 heterocycles. The maximum absolute atomic E-state index is 14.4. The van der Waals surface area contributed by atoms with Gasteiger partial charge in [-0.05, 0) is 32.4 Å². The number of alkyl halides is 3. The monoisotopic (exact) mass is 431 g/mol. The van der Waals surface area contributed by atoms with Gasteiger partial charge in [-0.3, -0.25) is 0 Å². The molecule has 1 aromatic heterocycles. The number of ether oxygens (including phenoxy) is 2. The van der Waals surface area contributed by atoms with Crippen molar-refractivity contribution in [3.63, 3.8) is 0 Å². The van der Waals surface area contributed by atoms with Crippen molar-refractivity contribution < 1.29 is 32.2 Å². The van der Waals surface area contributed by atoms with Crippen LogP contribution in [-0.4, -0.2) is 28.4 Å². The minimum Gasteiger partial charge on any atom is -0.443 e. The van der Waals surface area contributed by atoms with Crippen LogP contribution in [0.15, 0.2) is 54.6 Å². The van der Waals surface area contributed by atoms with Crippen LogP contribution in [0.1, 0.15) is 42.4 Å².